The fourth-order valence-electron chi connectivity index (χ4n) is 2.95. The van der Waals surface area contributed by atoms with Gasteiger partial charge in [0, 0.05) is 5.54 Å². The second-order valence-electron chi connectivity index (χ2n) is 6.26. The average Bonchev–Trinajstić information content (AvgIpc) is 2.23. The third kappa shape index (κ3) is 3.14. The fraction of sp³-hybridized carbons (Fsp3) is 0.800. The lowest BCUT2D eigenvalue weighted by Gasteiger charge is -2.50. The van der Waals surface area contributed by atoms with E-state index >= 15 is 0 Å². The molecule has 0 spiro atoms. The van der Waals surface area contributed by atoms with Gasteiger partial charge in [-0.25, -0.2) is 0 Å². The smallest absolute Gasteiger partial charge is 0.237 e. The Kier molecular flexibility index (Phi) is 4.60. The molecule has 1 aliphatic rings. The first-order chi connectivity index (χ1) is 8.24. The van der Waals surface area contributed by atoms with E-state index in [1.54, 1.807) is 0 Å². The molecular formula is C15H28N2O. The summed E-state index contributed by atoms with van der Waals surface area (Å²) in [7, 11) is 0. The largest absolute Gasteiger partial charge is 0.328 e. The normalized spacial score (nSPS) is 21.4. The van der Waals surface area contributed by atoms with Gasteiger partial charge in [-0.2, -0.15) is 0 Å². The van der Waals surface area contributed by atoms with Crippen LogP contribution in [0.1, 0.15) is 48.0 Å². The van der Waals surface area contributed by atoms with Crippen LogP contribution in [0.25, 0.3) is 0 Å². The van der Waals surface area contributed by atoms with E-state index in [9.17, 15) is 4.79 Å². The zero-order chi connectivity index (χ0) is 14.0. The molecule has 0 radical (unpaired) electrons. The summed E-state index contributed by atoms with van der Waals surface area (Å²) in [6.07, 6.45) is 5.28. The van der Waals surface area contributed by atoms with Crippen LogP contribution in [0.4, 0.5) is 0 Å². The van der Waals surface area contributed by atoms with E-state index < -0.39 is 0 Å². The standard InChI is InChI=1S/C15H28N2O/c1-7-16(8-2)12-13(18)17-14(3,4)10-9-11-15(17,5)6/h9-10H,7-8,11-12H2,1-6H3. The Morgan fingerprint density at radius 1 is 1.22 bits per heavy atom. The zero-order valence-electron chi connectivity index (χ0n) is 12.8. The molecule has 0 aromatic carbocycles. The van der Waals surface area contributed by atoms with Gasteiger partial charge < -0.3 is 4.90 Å². The molecule has 1 aliphatic heterocycles. The van der Waals surface area contributed by atoms with Crippen molar-refractivity contribution < 1.29 is 4.79 Å². The van der Waals surface area contributed by atoms with Gasteiger partial charge in [-0.1, -0.05) is 26.0 Å². The van der Waals surface area contributed by atoms with Crippen molar-refractivity contribution in [2.45, 2.75) is 59.0 Å². The molecule has 0 fully saturated rings. The SMILES string of the molecule is CCN(CC)CC(=O)N1C(C)(C)C=CCC1(C)C. The summed E-state index contributed by atoms with van der Waals surface area (Å²) in [5, 5.41) is 0. The Labute approximate surface area is 112 Å². The second kappa shape index (κ2) is 5.43. The van der Waals surface area contributed by atoms with E-state index in [-0.39, 0.29) is 17.0 Å². The zero-order valence-corrected chi connectivity index (χ0v) is 12.8. The van der Waals surface area contributed by atoms with E-state index in [0.29, 0.717) is 6.54 Å². The van der Waals surface area contributed by atoms with Crippen LogP contribution in [-0.4, -0.2) is 46.4 Å². The number of carbonyl (C=O) groups excluding carboxylic acids is 1. The predicted molar refractivity (Wildman–Crippen MR) is 76.5 cm³/mol. The second-order valence-corrected chi connectivity index (χ2v) is 6.26. The van der Waals surface area contributed by atoms with Gasteiger partial charge in [0.2, 0.25) is 5.91 Å². The Bertz CT molecular complexity index is 327. The van der Waals surface area contributed by atoms with Crippen molar-refractivity contribution in [1.82, 2.24) is 9.80 Å². The van der Waals surface area contributed by atoms with E-state index in [4.69, 9.17) is 0 Å². The van der Waals surface area contributed by atoms with Crippen LogP contribution in [0.3, 0.4) is 0 Å². The number of amides is 1. The summed E-state index contributed by atoms with van der Waals surface area (Å²) >= 11 is 0. The molecule has 0 bridgehead atoms. The summed E-state index contributed by atoms with van der Waals surface area (Å²) in [4.78, 5) is 16.8. The first kappa shape index (κ1) is 15.2. The van der Waals surface area contributed by atoms with Crippen molar-refractivity contribution in [3.8, 4) is 0 Å². The predicted octanol–water partition coefficient (Wildman–Crippen LogP) is 2.67. The summed E-state index contributed by atoms with van der Waals surface area (Å²) in [5.41, 5.74) is -0.283. The molecule has 104 valence electrons. The van der Waals surface area contributed by atoms with E-state index in [2.05, 4.69) is 63.5 Å². The van der Waals surface area contributed by atoms with Crippen LogP contribution < -0.4 is 0 Å². The Hall–Kier alpha value is -0.830. The Balaban J connectivity index is 2.90. The summed E-state index contributed by atoms with van der Waals surface area (Å²) < 4.78 is 0. The minimum atomic E-state index is -0.189. The molecule has 0 saturated carbocycles. The minimum Gasteiger partial charge on any atom is -0.328 e. The van der Waals surface area contributed by atoms with E-state index in [1.807, 2.05) is 0 Å². The molecule has 0 aliphatic carbocycles. The first-order valence-corrected chi connectivity index (χ1v) is 6.98. The fourth-order valence-corrected chi connectivity index (χ4v) is 2.95. The van der Waals surface area contributed by atoms with Crippen LogP contribution in [-0.2, 0) is 4.79 Å². The maximum Gasteiger partial charge on any atom is 0.237 e. The van der Waals surface area contributed by atoms with Crippen molar-refractivity contribution >= 4 is 5.91 Å². The maximum absolute atomic E-state index is 12.6. The molecule has 0 saturated heterocycles. The highest BCUT2D eigenvalue weighted by Crippen LogP contribution is 2.33. The van der Waals surface area contributed by atoms with Crippen molar-refractivity contribution in [2.75, 3.05) is 19.6 Å². The minimum absolute atomic E-state index is 0.0948. The van der Waals surface area contributed by atoms with Gasteiger partial charge in [0.05, 0.1) is 12.1 Å². The van der Waals surface area contributed by atoms with Gasteiger partial charge in [-0.3, -0.25) is 9.69 Å². The van der Waals surface area contributed by atoms with Crippen LogP contribution >= 0.6 is 0 Å². The number of hydrogen-bond donors (Lipinski definition) is 0. The highest BCUT2D eigenvalue weighted by Gasteiger charge is 2.41. The summed E-state index contributed by atoms with van der Waals surface area (Å²) in [6, 6.07) is 0. The van der Waals surface area contributed by atoms with E-state index in [0.717, 1.165) is 19.5 Å². The molecule has 1 heterocycles. The molecule has 1 amide bonds. The lowest BCUT2D eigenvalue weighted by molar-refractivity contribution is -0.144. The van der Waals surface area contributed by atoms with Crippen LogP contribution in [0, 0.1) is 0 Å². The molecule has 1 rings (SSSR count). The van der Waals surface area contributed by atoms with Gasteiger partial charge in [0.1, 0.15) is 0 Å². The van der Waals surface area contributed by atoms with Gasteiger partial charge in [-0.15, -0.1) is 0 Å². The average molecular weight is 252 g/mol. The van der Waals surface area contributed by atoms with Crippen LogP contribution in [0.2, 0.25) is 0 Å². The lowest BCUT2D eigenvalue weighted by Crippen LogP contribution is -2.61. The van der Waals surface area contributed by atoms with Crippen molar-refractivity contribution in [1.29, 1.82) is 0 Å². The number of hydrogen-bond acceptors (Lipinski definition) is 2. The van der Waals surface area contributed by atoms with Gasteiger partial charge in [0.25, 0.3) is 0 Å². The third-order valence-electron chi connectivity index (χ3n) is 3.83. The molecule has 3 heteroatoms. The topological polar surface area (TPSA) is 23.6 Å². The van der Waals surface area contributed by atoms with Gasteiger partial charge >= 0.3 is 0 Å². The molecule has 3 nitrogen and oxygen atoms in total. The Morgan fingerprint density at radius 3 is 2.22 bits per heavy atom. The molecule has 0 unspecified atom stereocenters. The summed E-state index contributed by atoms with van der Waals surface area (Å²) in [5.74, 6) is 0.234. The highest BCUT2D eigenvalue weighted by atomic mass is 16.2. The number of carbonyl (C=O) groups is 1. The van der Waals surface area contributed by atoms with Gasteiger partial charge in [0.15, 0.2) is 0 Å². The molecular weight excluding hydrogens is 224 g/mol. The monoisotopic (exact) mass is 252 g/mol. The van der Waals surface area contributed by atoms with Crippen LogP contribution in [0.15, 0.2) is 12.2 Å². The molecule has 0 N–H and O–H groups in total. The highest BCUT2D eigenvalue weighted by molar-refractivity contribution is 5.80. The molecule has 0 atom stereocenters. The van der Waals surface area contributed by atoms with Crippen LogP contribution in [0.5, 0.6) is 0 Å². The number of rotatable bonds is 4. The molecule has 18 heavy (non-hydrogen) atoms. The van der Waals surface area contributed by atoms with Crippen molar-refractivity contribution in [3.05, 3.63) is 12.2 Å². The van der Waals surface area contributed by atoms with Crippen molar-refractivity contribution in [3.63, 3.8) is 0 Å². The quantitative estimate of drug-likeness (QED) is 0.718. The van der Waals surface area contributed by atoms with Crippen molar-refractivity contribution in [2.24, 2.45) is 0 Å². The summed E-state index contributed by atoms with van der Waals surface area (Å²) in [6.45, 7) is 15.1. The third-order valence-corrected chi connectivity index (χ3v) is 3.83. The molecule has 0 aromatic heterocycles. The lowest BCUT2D eigenvalue weighted by atomic mass is 9.85. The Morgan fingerprint density at radius 2 is 1.78 bits per heavy atom. The van der Waals surface area contributed by atoms with E-state index in [1.165, 1.54) is 0 Å². The first-order valence-electron chi connectivity index (χ1n) is 6.98. The van der Waals surface area contributed by atoms with Gasteiger partial charge in [-0.05, 0) is 47.2 Å². The maximum atomic E-state index is 12.6. The number of nitrogens with zero attached hydrogens (tertiary/aromatic N) is 2. The number of likely N-dealkylation sites (N-methyl/N-ethyl adjacent to an activating group) is 1. The molecule has 0 aromatic rings.